The van der Waals surface area contributed by atoms with Crippen LogP contribution in [-0.4, -0.2) is 24.9 Å². The first-order chi connectivity index (χ1) is 9.04. The summed E-state index contributed by atoms with van der Waals surface area (Å²) in [5, 5.41) is 3.54. The zero-order valence-corrected chi connectivity index (χ0v) is 12.0. The lowest BCUT2D eigenvalue weighted by atomic mass is 10.0. The topological polar surface area (TPSA) is 56.5 Å². The Bertz CT molecular complexity index is 421. The molecule has 1 aliphatic heterocycles. The standard InChI is InChI=1S/C15H24N2O2/c1-10(2)19-15-9-12(4-5-14(15)16)17-13-6-7-18-11(3)8-13/h4-5,9-11,13,17H,6-8,16H2,1-3H3. The number of benzene rings is 1. The van der Waals surface area contributed by atoms with Crippen molar-refractivity contribution in [2.45, 2.75) is 51.9 Å². The molecule has 2 unspecified atom stereocenters. The lowest BCUT2D eigenvalue weighted by Crippen LogP contribution is -2.32. The molecule has 0 spiro atoms. The van der Waals surface area contributed by atoms with Crippen LogP contribution in [0.2, 0.25) is 0 Å². The van der Waals surface area contributed by atoms with E-state index in [0.717, 1.165) is 30.9 Å². The fraction of sp³-hybridized carbons (Fsp3) is 0.600. The van der Waals surface area contributed by atoms with Crippen LogP contribution in [-0.2, 0) is 4.74 Å². The predicted molar refractivity (Wildman–Crippen MR) is 78.7 cm³/mol. The van der Waals surface area contributed by atoms with Gasteiger partial charge >= 0.3 is 0 Å². The number of rotatable bonds is 4. The zero-order chi connectivity index (χ0) is 13.8. The van der Waals surface area contributed by atoms with Gasteiger partial charge in [-0.05, 0) is 45.7 Å². The molecule has 0 saturated carbocycles. The van der Waals surface area contributed by atoms with Gasteiger partial charge in [-0.15, -0.1) is 0 Å². The minimum atomic E-state index is 0.126. The van der Waals surface area contributed by atoms with E-state index in [2.05, 4.69) is 12.2 Å². The van der Waals surface area contributed by atoms with Crippen molar-refractivity contribution >= 4 is 11.4 Å². The minimum absolute atomic E-state index is 0.126. The molecule has 4 heteroatoms. The summed E-state index contributed by atoms with van der Waals surface area (Å²) in [4.78, 5) is 0. The van der Waals surface area contributed by atoms with Crippen molar-refractivity contribution in [2.75, 3.05) is 17.7 Å². The molecule has 19 heavy (non-hydrogen) atoms. The molecule has 1 aromatic carbocycles. The van der Waals surface area contributed by atoms with E-state index in [4.69, 9.17) is 15.2 Å². The van der Waals surface area contributed by atoms with Gasteiger partial charge in [0.25, 0.3) is 0 Å². The summed E-state index contributed by atoms with van der Waals surface area (Å²) in [6.07, 6.45) is 2.52. The van der Waals surface area contributed by atoms with Crippen molar-refractivity contribution in [1.82, 2.24) is 0 Å². The maximum absolute atomic E-state index is 5.92. The fourth-order valence-electron chi connectivity index (χ4n) is 2.34. The summed E-state index contributed by atoms with van der Waals surface area (Å²) in [5.41, 5.74) is 7.66. The Balaban J connectivity index is 2.03. The molecule has 1 fully saturated rings. The van der Waals surface area contributed by atoms with Gasteiger partial charge in [-0.3, -0.25) is 0 Å². The summed E-state index contributed by atoms with van der Waals surface area (Å²) in [5.74, 6) is 0.750. The molecule has 0 aromatic heterocycles. The molecule has 0 bridgehead atoms. The number of ether oxygens (including phenoxy) is 2. The van der Waals surface area contributed by atoms with Crippen molar-refractivity contribution in [3.63, 3.8) is 0 Å². The molecule has 1 saturated heterocycles. The average molecular weight is 264 g/mol. The Labute approximate surface area is 115 Å². The molecule has 3 N–H and O–H groups in total. The second kappa shape index (κ2) is 6.15. The van der Waals surface area contributed by atoms with Gasteiger partial charge in [0.1, 0.15) is 5.75 Å². The van der Waals surface area contributed by atoms with Crippen molar-refractivity contribution in [3.05, 3.63) is 18.2 Å². The summed E-state index contributed by atoms with van der Waals surface area (Å²) in [6.45, 7) is 6.94. The number of nitrogens with two attached hydrogens (primary N) is 1. The van der Waals surface area contributed by atoms with Gasteiger partial charge in [-0.1, -0.05) is 0 Å². The van der Waals surface area contributed by atoms with Crippen molar-refractivity contribution in [1.29, 1.82) is 0 Å². The van der Waals surface area contributed by atoms with Crippen LogP contribution in [0.3, 0.4) is 0 Å². The lowest BCUT2D eigenvalue weighted by Gasteiger charge is -2.29. The van der Waals surface area contributed by atoms with E-state index < -0.39 is 0 Å². The second-order valence-electron chi connectivity index (χ2n) is 5.47. The first kappa shape index (κ1) is 14.0. The highest BCUT2D eigenvalue weighted by Gasteiger charge is 2.19. The van der Waals surface area contributed by atoms with Gasteiger partial charge in [0.2, 0.25) is 0 Å². The van der Waals surface area contributed by atoms with Crippen LogP contribution in [0.15, 0.2) is 18.2 Å². The molecule has 106 valence electrons. The Morgan fingerprint density at radius 2 is 2.21 bits per heavy atom. The monoisotopic (exact) mass is 264 g/mol. The molecular formula is C15H24N2O2. The van der Waals surface area contributed by atoms with Crippen LogP contribution in [0, 0.1) is 0 Å². The largest absolute Gasteiger partial charge is 0.489 e. The van der Waals surface area contributed by atoms with Gasteiger partial charge in [0, 0.05) is 24.4 Å². The smallest absolute Gasteiger partial charge is 0.144 e. The SMILES string of the molecule is CC(C)Oc1cc(NC2CCOC(C)C2)ccc1N. The Hall–Kier alpha value is -1.42. The van der Waals surface area contributed by atoms with Crippen LogP contribution in [0.25, 0.3) is 0 Å². The number of hydrogen-bond acceptors (Lipinski definition) is 4. The molecule has 2 rings (SSSR count). The number of anilines is 2. The maximum atomic E-state index is 5.92. The second-order valence-corrected chi connectivity index (χ2v) is 5.47. The third-order valence-corrected chi connectivity index (χ3v) is 3.23. The van der Waals surface area contributed by atoms with E-state index in [-0.39, 0.29) is 6.10 Å². The highest BCUT2D eigenvalue weighted by Crippen LogP contribution is 2.28. The van der Waals surface area contributed by atoms with E-state index in [1.54, 1.807) is 0 Å². The van der Waals surface area contributed by atoms with Gasteiger partial charge in [0.15, 0.2) is 0 Å². The molecular weight excluding hydrogens is 240 g/mol. The summed E-state index contributed by atoms with van der Waals surface area (Å²) >= 11 is 0. The molecule has 1 aliphatic rings. The normalized spacial score (nSPS) is 23.4. The van der Waals surface area contributed by atoms with Gasteiger partial charge in [-0.2, -0.15) is 0 Å². The average Bonchev–Trinajstić information content (AvgIpc) is 2.33. The molecule has 2 atom stereocenters. The molecule has 0 aliphatic carbocycles. The van der Waals surface area contributed by atoms with E-state index in [0.29, 0.717) is 17.8 Å². The van der Waals surface area contributed by atoms with Gasteiger partial charge in [0.05, 0.1) is 17.9 Å². The van der Waals surface area contributed by atoms with E-state index in [9.17, 15) is 0 Å². The molecule has 1 heterocycles. The zero-order valence-electron chi connectivity index (χ0n) is 12.0. The van der Waals surface area contributed by atoms with Crippen molar-refractivity contribution in [3.8, 4) is 5.75 Å². The van der Waals surface area contributed by atoms with Crippen molar-refractivity contribution < 1.29 is 9.47 Å². The van der Waals surface area contributed by atoms with Crippen LogP contribution < -0.4 is 15.8 Å². The Morgan fingerprint density at radius 1 is 1.42 bits per heavy atom. The summed E-state index contributed by atoms with van der Waals surface area (Å²) < 4.78 is 11.3. The highest BCUT2D eigenvalue weighted by atomic mass is 16.5. The van der Waals surface area contributed by atoms with Gasteiger partial charge in [-0.25, -0.2) is 0 Å². The van der Waals surface area contributed by atoms with Crippen LogP contribution in [0.4, 0.5) is 11.4 Å². The quantitative estimate of drug-likeness (QED) is 0.821. The Morgan fingerprint density at radius 3 is 2.89 bits per heavy atom. The molecule has 0 amide bonds. The first-order valence-electron chi connectivity index (χ1n) is 6.99. The number of nitrogens with one attached hydrogen (secondary N) is 1. The lowest BCUT2D eigenvalue weighted by molar-refractivity contribution is 0.0232. The summed E-state index contributed by atoms with van der Waals surface area (Å²) in [6, 6.07) is 6.33. The number of hydrogen-bond donors (Lipinski definition) is 2. The van der Waals surface area contributed by atoms with Crippen LogP contribution in [0.5, 0.6) is 5.75 Å². The first-order valence-corrected chi connectivity index (χ1v) is 6.99. The maximum Gasteiger partial charge on any atom is 0.144 e. The minimum Gasteiger partial charge on any atom is -0.489 e. The predicted octanol–water partition coefficient (Wildman–Crippen LogP) is 3.04. The summed E-state index contributed by atoms with van der Waals surface area (Å²) in [7, 11) is 0. The Kier molecular flexibility index (Phi) is 4.53. The van der Waals surface area contributed by atoms with Crippen LogP contribution in [0.1, 0.15) is 33.6 Å². The third-order valence-electron chi connectivity index (χ3n) is 3.23. The molecule has 1 aromatic rings. The third kappa shape index (κ3) is 4.03. The number of nitrogen functional groups attached to an aromatic ring is 1. The fourth-order valence-corrected chi connectivity index (χ4v) is 2.34. The van der Waals surface area contributed by atoms with Crippen molar-refractivity contribution in [2.24, 2.45) is 0 Å². The molecule has 0 radical (unpaired) electrons. The van der Waals surface area contributed by atoms with E-state index in [1.807, 2.05) is 32.0 Å². The van der Waals surface area contributed by atoms with Gasteiger partial charge < -0.3 is 20.5 Å². The highest BCUT2D eigenvalue weighted by molar-refractivity contribution is 5.61. The van der Waals surface area contributed by atoms with E-state index in [1.165, 1.54) is 0 Å². The van der Waals surface area contributed by atoms with E-state index >= 15 is 0 Å². The molecule has 4 nitrogen and oxygen atoms in total. The van der Waals surface area contributed by atoms with Crippen LogP contribution >= 0.6 is 0 Å².